The number of hydrogen-bond acceptors (Lipinski definition) is 3. The lowest BCUT2D eigenvalue weighted by Crippen LogP contribution is -2.24. The van der Waals surface area contributed by atoms with Gasteiger partial charge in [-0.1, -0.05) is 0 Å². The minimum Gasteiger partial charge on any atom is -0.455 e. The lowest BCUT2D eigenvalue weighted by molar-refractivity contribution is 0.00628. The van der Waals surface area contributed by atoms with Crippen molar-refractivity contribution in [2.75, 3.05) is 0 Å². The molecular weight excluding hydrogens is 185 g/mol. The number of carbonyl (C=O) groups excluding carboxylic acids is 1. The average Bonchev–Trinajstić information content (AvgIpc) is 2.02. The van der Waals surface area contributed by atoms with Crippen LogP contribution in [0.25, 0.3) is 0 Å². The van der Waals surface area contributed by atoms with Crippen LogP contribution in [-0.2, 0) is 4.74 Å². The molecule has 1 heterocycles. The summed E-state index contributed by atoms with van der Waals surface area (Å²) in [5.74, 6) is -1.02. The third-order valence-electron chi connectivity index (χ3n) is 1.34. The fourth-order valence-corrected chi connectivity index (χ4v) is 0.827. The highest BCUT2D eigenvalue weighted by atomic mass is 19.1. The molecule has 0 fully saturated rings. The van der Waals surface area contributed by atoms with Crippen molar-refractivity contribution < 1.29 is 13.9 Å². The number of aromatic nitrogens is 1. The summed E-state index contributed by atoms with van der Waals surface area (Å²) in [7, 11) is 0. The van der Waals surface area contributed by atoms with E-state index in [4.69, 9.17) is 4.74 Å². The number of halogens is 1. The maximum Gasteiger partial charge on any atom is 0.357 e. The number of nitrogens with zero attached hydrogens (tertiary/aromatic N) is 1. The molecule has 1 aromatic heterocycles. The number of rotatable bonds is 1. The molecule has 0 saturated carbocycles. The summed E-state index contributed by atoms with van der Waals surface area (Å²) in [5.41, 5.74) is -0.450. The Labute approximate surface area is 81.9 Å². The predicted octanol–water partition coefficient (Wildman–Crippen LogP) is 2.18. The molecule has 0 aliphatic carbocycles. The van der Waals surface area contributed by atoms with E-state index in [0.29, 0.717) is 0 Å². The normalized spacial score (nSPS) is 11.1. The van der Waals surface area contributed by atoms with Crippen molar-refractivity contribution in [1.29, 1.82) is 0 Å². The van der Waals surface area contributed by atoms with Crippen molar-refractivity contribution in [1.82, 2.24) is 4.98 Å². The first-order chi connectivity index (χ1) is 6.38. The minimum atomic E-state index is -0.562. The van der Waals surface area contributed by atoms with Crippen molar-refractivity contribution in [2.24, 2.45) is 0 Å². The van der Waals surface area contributed by atoms with Gasteiger partial charge in [0.2, 0.25) is 0 Å². The Hall–Kier alpha value is -1.45. The van der Waals surface area contributed by atoms with E-state index in [-0.39, 0.29) is 5.69 Å². The van der Waals surface area contributed by atoms with E-state index in [2.05, 4.69) is 4.98 Å². The van der Waals surface area contributed by atoms with Crippen molar-refractivity contribution in [2.45, 2.75) is 26.4 Å². The van der Waals surface area contributed by atoms with Crippen LogP contribution in [0.4, 0.5) is 4.39 Å². The first-order valence-electron chi connectivity index (χ1n) is 4.23. The van der Waals surface area contributed by atoms with Gasteiger partial charge in [-0.3, -0.25) is 0 Å². The van der Waals surface area contributed by atoms with E-state index in [0.717, 1.165) is 6.20 Å². The lowest BCUT2D eigenvalue weighted by Gasteiger charge is -2.18. The molecule has 76 valence electrons. The molecule has 0 saturated heterocycles. The molecule has 0 unspecified atom stereocenters. The van der Waals surface area contributed by atoms with Gasteiger partial charge in [0.15, 0.2) is 0 Å². The van der Waals surface area contributed by atoms with E-state index >= 15 is 0 Å². The van der Waals surface area contributed by atoms with Crippen LogP contribution in [-0.4, -0.2) is 16.6 Å². The summed E-state index contributed by atoms with van der Waals surface area (Å²) in [6.45, 7) is 5.28. The molecule has 0 atom stereocenters. The van der Waals surface area contributed by atoms with Crippen LogP contribution in [0.1, 0.15) is 31.3 Å². The van der Waals surface area contributed by atoms with Gasteiger partial charge in [-0.25, -0.2) is 14.2 Å². The Bertz CT molecular complexity index is 327. The van der Waals surface area contributed by atoms with Gasteiger partial charge >= 0.3 is 5.97 Å². The first kappa shape index (κ1) is 10.6. The van der Waals surface area contributed by atoms with E-state index in [1.165, 1.54) is 12.1 Å². The quantitative estimate of drug-likeness (QED) is 0.648. The second-order valence-corrected chi connectivity index (χ2v) is 3.86. The third kappa shape index (κ3) is 3.12. The molecule has 4 heteroatoms. The Balaban J connectivity index is 2.76. The van der Waals surface area contributed by atoms with Crippen LogP contribution >= 0.6 is 0 Å². The summed E-state index contributed by atoms with van der Waals surface area (Å²) in [4.78, 5) is 15.0. The Morgan fingerprint density at radius 1 is 1.43 bits per heavy atom. The highest BCUT2D eigenvalue weighted by Gasteiger charge is 2.18. The van der Waals surface area contributed by atoms with E-state index < -0.39 is 17.4 Å². The number of pyridine rings is 1. The van der Waals surface area contributed by atoms with Crippen LogP contribution in [0.15, 0.2) is 18.3 Å². The van der Waals surface area contributed by atoms with Crippen molar-refractivity contribution >= 4 is 5.97 Å². The smallest absolute Gasteiger partial charge is 0.357 e. The van der Waals surface area contributed by atoms with E-state index in [1.54, 1.807) is 20.8 Å². The molecule has 0 spiro atoms. The van der Waals surface area contributed by atoms with Crippen LogP contribution in [0.2, 0.25) is 0 Å². The summed E-state index contributed by atoms with van der Waals surface area (Å²) >= 11 is 0. The van der Waals surface area contributed by atoms with Crippen molar-refractivity contribution in [3.63, 3.8) is 0 Å². The number of esters is 1. The van der Waals surface area contributed by atoms with Crippen molar-refractivity contribution in [3.05, 3.63) is 29.8 Å². The van der Waals surface area contributed by atoms with Gasteiger partial charge in [0.05, 0.1) is 6.20 Å². The highest BCUT2D eigenvalue weighted by Crippen LogP contribution is 2.10. The molecule has 1 rings (SSSR count). The molecule has 0 aromatic carbocycles. The molecule has 0 N–H and O–H groups in total. The van der Waals surface area contributed by atoms with Gasteiger partial charge in [-0.15, -0.1) is 0 Å². The Morgan fingerprint density at radius 2 is 2.07 bits per heavy atom. The second-order valence-electron chi connectivity index (χ2n) is 3.86. The van der Waals surface area contributed by atoms with Gasteiger partial charge in [0.1, 0.15) is 17.1 Å². The maximum absolute atomic E-state index is 12.5. The van der Waals surface area contributed by atoms with Crippen LogP contribution in [0.5, 0.6) is 0 Å². The lowest BCUT2D eigenvalue weighted by atomic mass is 10.2. The van der Waals surface area contributed by atoms with Gasteiger partial charge in [-0.2, -0.15) is 0 Å². The maximum atomic E-state index is 12.5. The van der Waals surface area contributed by atoms with E-state index in [9.17, 15) is 9.18 Å². The zero-order valence-corrected chi connectivity index (χ0v) is 8.37. The predicted molar refractivity (Wildman–Crippen MR) is 49.4 cm³/mol. The zero-order chi connectivity index (χ0) is 10.8. The average molecular weight is 197 g/mol. The molecule has 0 aliphatic rings. The van der Waals surface area contributed by atoms with Gasteiger partial charge in [0, 0.05) is 0 Å². The standard InChI is InChI=1S/C10H12FNO2/c1-10(2,3)14-9(13)8-5-4-7(11)6-12-8/h4-6H,1-3H3. The SMILES string of the molecule is CC(C)(C)OC(=O)c1ccc(F)cn1. The van der Waals surface area contributed by atoms with Crippen LogP contribution in [0, 0.1) is 5.82 Å². The summed E-state index contributed by atoms with van der Waals surface area (Å²) in [6.07, 6.45) is 0.985. The zero-order valence-electron chi connectivity index (χ0n) is 8.37. The minimum absolute atomic E-state index is 0.112. The fraction of sp³-hybridized carbons (Fsp3) is 0.400. The third-order valence-corrected chi connectivity index (χ3v) is 1.34. The van der Waals surface area contributed by atoms with Crippen LogP contribution in [0.3, 0.4) is 0 Å². The fourth-order valence-electron chi connectivity index (χ4n) is 0.827. The monoisotopic (exact) mass is 197 g/mol. The molecule has 3 nitrogen and oxygen atoms in total. The Kier molecular flexibility index (Phi) is 2.84. The molecule has 0 aliphatic heterocycles. The number of ether oxygens (including phenoxy) is 1. The molecule has 14 heavy (non-hydrogen) atoms. The Morgan fingerprint density at radius 3 is 2.50 bits per heavy atom. The van der Waals surface area contributed by atoms with Crippen molar-refractivity contribution in [3.8, 4) is 0 Å². The topological polar surface area (TPSA) is 39.2 Å². The second kappa shape index (κ2) is 3.74. The van der Waals surface area contributed by atoms with Gasteiger partial charge in [0.25, 0.3) is 0 Å². The molecule has 0 radical (unpaired) electrons. The summed E-state index contributed by atoms with van der Waals surface area (Å²) in [6, 6.07) is 2.47. The molecule has 1 aromatic rings. The molecular formula is C10H12FNO2. The van der Waals surface area contributed by atoms with Gasteiger partial charge in [-0.05, 0) is 32.9 Å². The largest absolute Gasteiger partial charge is 0.455 e. The summed E-state index contributed by atoms with van der Waals surface area (Å²) in [5, 5.41) is 0. The molecule has 0 amide bonds. The highest BCUT2D eigenvalue weighted by molar-refractivity contribution is 5.87. The van der Waals surface area contributed by atoms with E-state index in [1.807, 2.05) is 0 Å². The van der Waals surface area contributed by atoms with Crippen LogP contribution < -0.4 is 0 Å². The molecule has 0 bridgehead atoms. The van der Waals surface area contributed by atoms with Gasteiger partial charge < -0.3 is 4.74 Å². The summed E-state index contributed by atoms with van der Waals surface area (Å²) < 4.78 is 17.5. The first-order valence-corrected chi connectivity index (χ1v) is 4.23. The number of carbonyl (C=O) groups is 1. The number of hydrogen-bond donors (Lipinski definition) is 0.